The van der Waals surface area contributed by atoms with E-state index in [1.807, 2.05) is 6.07 Å². The van der Waals surface area contributed by atoms with E-state index in [0.717, 1.165) is 5.56 Å². The van der Waals surface area contributed by atoms with Crippen LogP contribution < -0.4 is 0 Å². The average Bonchev–Trinajstić information content (AvgIpc) is 2.30. The number of hydrogen-bond donors (Lipinski definition) is 0. The van der Waals surface area contributed by atoms with Crippen LogP contribution in [0.1, 0.15) is 15.9 Å². The summed E-state index contributed by atoms with van der Waals surface area (Å²) in [5.41, 5.74) is 1.32. The van der Waals surface area contributed by atoms with Crippen molar-refractivity contribution in [3.05, 3.63) is 64.1 Å². The van der Waals surface area contributed by atoms with Gasteiger partial charge in [-0.3, -0.25) is 9.78 Å². The Balaban J connectivity index is 2.21. The van der Waals surface area contributed by atoms with Gasteiger partial charge in [0.05, 0.1) is 0 Å². The quantitative estimate of drug-likeness (QED) is 0.812. The van der Waals surface area contributed by atoms with Gasteiger partial charge in [0.1, 0.15) is 5.82 Å². The second-order valence-corrected chi connectivity index (χ2v) is 4.44. The Morgan fingerprint density at radius 3 is 2.82 bits per heavy atom. The minimum absolute atomic E-state index is 0.0649. The zero-order valence-corrected chi connectivity index (χ0v) is 10.4. The first-order valence-corrected chi connectivity index (χ1v) is 5.83. The number of nitrogens with zero attached hydrogens (tertiary/aromatic N) is 1. The van der Waals surface area contributed by atoms with E-state index in [9.17, 15) is 9.18 Å². The molecule has 0 aliphatic rings. The number of benzene rings is 1. The Morgan fingerprint density at radius 1 is 1.35 bits per heavy atom. The van der Waals surface area contributed by atoms with E-state index in [1.165, 1.54) is 18.2 Å². The number of carbonyl (C=O) groups excluding carboxylic acids is 1. The second-order valence-electron chi connectivity index (χ2n) is 3.59. The minimum atomic E-state index is -0.366. The topological polar surface area (TPSA) is 30.0 Å². The number of carbonyl (C=O) groups is 1. The SMILES string of the molecule is O=C(Cc1cccnc1)c1ccc(F)cc1Br. The lowest BCUT2D eigenvalue weighted by Crippen LogP contribution is -2.04. The van der Waals surface area contributed by atoms with E-state index in [1.54, 1.807) is 18.5 Å². The summed E-state index contributed by atoms with van der Waals surface area (Å²) in [6, 6.07) is 7.67. The van der Waals surface area contributed by atoms with Crippen molar-refractivity contribution in [1.29, 1.82) is 0 Å². The molecule has 1 aromatic carbocycles. The van der Waals surface area contributed by atoms with Crippen LogP contribution in [0.4, 0.5) is 4.39 Å². The Bertz CT molecular complexity index is 542. The summed E-state index contributed by atoms with van der Waals surface area (Å²) in [7, 11) is 0. The highest BCUT2D eigenvalue weighted by molar-refractivity contribution is 9.10. The van der Waals surface area contributed by atoms with Gasteiger partial charge in [-0.05, 0) is 45.8 Å². The van der Waals surface area contributed by atoms with Crippen LogP contribution in [0.5, 0.6) is 0 Å². The summed E-state index contributed by atoms with van der Waals surface area (Å²) < 4.78 is 13.4. The highest BCUT2D eigenvalue weighted by Crippen LogP contribution is 2.19. The Hall–Kier alpha value is -1.55. The van der Waals surface area contributed by atoms with E-state index >= 15 is 0 Å². The molecule has 0 saturated heterocycles. The van der Waals surface area contributed by atoms with Crippen molar-refractivity contribution >= 4 is 21.7 Å². The Labute approximate surface area is 107 Å². The molecule has 2 rings (SSSR count). The van der Waals surface area contributed by atoms with Crippen LogP contribution in [-0.2, 0) is 6.42 Å². The third-order valence-corrected chi connectivity index (χ3v) is 2.98. The van der Waals surface area contributed by atoms with Gasteiger partial charge >= 0.3 is 0 Å². The fourth-order valence-corrected chi connectivity index (χ4v) is 2.07. The predicted molar refractivity (Wildman–Crippen MR) is 66.4 cm³/mol. The van der Waals surface area contributed by atoms with Gasteiger partial charge < -0.3 is 0 Å². The maximum atomic E-state index is 12.9. The van der Waals surface area contributed by atoms with Crippen molar-refractivity contribution in [2.45, 2.75) is 6.42 Å². The van der Waals surface area contributed by atoms with Crippen LogP contribution in [0.25, 0.3) is 0 Å². The van der Waals surface area contributed by atoms with Gasteiger partial charge in [-0.25, -0.2) is 4.39 Å². The molecule has 0 bridgehead atoms. The molecule has 0 fully saturated rings. The van der Waals surface area contributed by atoms with Gasteiger partial charge in [-0.1, -0.05) is 6.07 Å². The molecule has 4 heteroatoms. The standard InChI is InChI=1S/C13H9BrFNO/c14-12-7-10(15)3-4-11(12)13(17)6-9-2-1-5-16-8-9/h1-5,7-8H,6H2. The monoisotopic (exact) mass is 293 g/mol. The second kappa shape index (κ2) is 5.19. The third-order valence-electron chi connectivity index (χ3n) is 2.32. The molecule has 0 spiro atoms. The first-order valence-electron chi connectivity index (χ1n) is 5.04. The largest absolute Gasteiger partial charge is 0.294 e. The van der Waals surface area contributed by atoms with E-state index in [0.29, 0.717) is 10.0 Å². The molecule has 0 N–H and O–H groups in total. The van der Waals surface area contributed by atoms with Crippen LogP contribution in [0, 0.1) is 5.82 Å². The van der Waals surface area contributed by atoms with Crippen LogP contribution in [0.2, 0.25) is 0 Å². The van der Waals surface area contributed by atoms with Gasteiger partial charge in [-0.2, -0.15) is 0 Å². The molecule has 17 heavy (non-hydrogen) atoms. The number of aromatic nitrogens is 1. The summed E-state index contributed by atoms with van der Waals surface area (Å²) in [4.78, 5) is 15.9. The highest BCUT2D eigenvalue weighted by Gasteiger charge is 2.11. The number of rotatable bonds is 3. The minimum Gasteiger partial charge on any atom is -0.294 e. The highest BCUT2D eigenvalue weighted by atomic mass is 79.9. The van der Waals surface area contributed by atoms with E-state index < -0.39 is 0 Å². The maximum absolute atomic E-state index is 12.9. The molecular formula is C13H9BrFNO. The Kier molecular flexibility index (Phi) is 3.64. The van der Waals surface area contributed by atoms with E-state index in [-0.39, 0.29) is 18.0 Å². The smallest absolute Gasteiger partial charge is 0.168 e. The van der Waals surface area contributed by atoms with E-state index in [2.05, 4.69) is 20.9 Å². The van der Waals surface area contributed by atoms with Gasteiger partial charge in [0, 0.05) is 28.9 Å². The molecule has 0 saturated carbocycles. The van der Waals surface area contributed by atoms with Crippen LogP contribution in [0.3, 0.4) is 0 Å². The van der Waals surface area contributed by atoms with Crippen LogP contribution in [0.15, 0.2) is 47.2 Å². The number of hydrogen-bond acceptors (Lipinski definition) is 2. The molecule has 0 unspecified atom stereocenters. The molecule has 0 atom stereocenters. The number of ketones is 1. The molecular weight excluding hydrogens is 285 g/mol. The van der Waals surface area contributed by atoms with Crippen molar-refractivity contribution in [2.75, 3.05) is 0 Å². The summed E-state index contributed by atoms with van der Waals surface area (Å²) in [6.07, 6.45) is 3.56. The summed E-state index contributed by atoms with van der Waals surface area (Å²) >= 11 is 3.18. The van der Waals surface area contributed by atoms with Crippen molar-refractivity contribution in [2.24, 2.45) is 0 Å². The first-order chi connectivity index (χ1) is 8.16. The van der Waals surface area contributed by atoms with Crippen molar-refractivity contribution in [1.82, 2.24) is 4.98 Å². The lowest BCUT2D eigenvalue weighted by atomic mass is 10.0. The fraction of sp³-hybridized carbons (Fsp3) is 0.0769. The zero-order chi connectivity index (χ0) is 12.3. The summed E-state index contributed by atoms with van der Waals surface area (Å²) in [5, 5.41) is 0. The van der Waals surface area contributed by atoms with Gasteiger partial charge in [0.2, 0.25) is 0 Å². The van der Waals surface area contributed by atoms with Crippen LogP contribution >= 0.6 is 15.9 Å². The van der Waals surface area contributed by atoms with Gasteiger partial charge in [0.15, 0.2) is 5.78 Å². The lowest BCUT2D eigenvalue weighted by Gasteiger charge is -2.03. The molecule has 2 aromatic rings. The molecule has 1 heterocycles. The third kappa shape index (κ3) is 2.97. The molecule has 0 aliphatic heterocycles. The van der Waals surface area contributed by atoms with Gasteiger partial charge in [0.25, 0.3) is 0 Å². The van der Waals surface area contributed by atoms with Crippen molar-refractivity contribution in [3.8, 4) is 0 Å². The van der Waals surface area contributed by atoms with Gasteiger partial charge in [-0.15, -0.1) is 0 Å². The predicted octanol–water partition coefficient (Wildman–Crippen LogP) is 3.41. The molecule has 0 radical (unpaired) electrons. The maximum Gasteiger partial charge on any atom is 0.168 e. The molecule has 2 nitrogen and oxygen atoms in total. The fourth-order valence-electron chi connectivity index (χ4n) is 1.50. The normalized spacial score (nSPS) is 10.2. The van der Waals surface area contributed by atoms with Crippen molar-refractivity contribution < 1.29 is 9.18 Å². The zero-order valence-electron chi connectivity index (χ0n) is 8.86. The Morgan fingerprint density at radius 2 is 2.18 bits per heavy atom. The van der Waals surface area contributed by atoms with Crippen LogP contribution in [-0.4, -0.2) is 10.8 Å². The molecule has 1 aromatic heterocycles. The molecule has 86 valence electrons. The van der Waals surface area contributed by atoms with E-state index in [4.69, 9.17) is 0 Å². The number of Topliss-reactive ketones (excluding diaryl/α,β-unsaturated/α-hetero) is 1. The van der Waals surface area contributed by atoms with Crippen molar-refractivity contribution in [3.63, 3.8) is 0 Å². The summed E-state index contributed by atoms with van der Waals surface area (Å²) in [5.74, 6) is -0.431. The summed E-state index contributed by atoms with van der Waals surface area (Å²) in [6.45, 7) is 0. The lowest BCUT2D eigenvalue weighted by molar-refractivity contribution is 0.0992. The number of pyridine rings is 1. The molecule has 0 aliphatic carbocycles. The first kappa shape index (κ1) is 11.9. The average molecular weight is 294 g/mol. The number of halogens is 2. The molecule has 0 amide bonds.